The summed E-state index contributed by atoms with van der Waals surface area (Å²) in [7, 11) is 0. The summed E-state index contributed by atoms with van der Waals surface area (Å²) in [6, 6.07) is 0.441. The number of rotatable bonds is 6. The summed E-state index contributed by atoms with van der Waals surface area (Å²) in [4.78, 5) is 4.94. The van der Waals surface area contributed by atoms with Gasteiger partial charge >= 0.3 is 0 Å². The van der Waals surface area contributed by atoms with E-state index < -0.39 is 0 Å². The molecule has 88 valence electrons. The molecule has 1 saturated heterocycles. The Hall–Kier alpha value is -0.380. The first-order chi connectivity index (χ1) is 7.26. The van der Waals surface area contributed by atoms with Crippen LogP contribution >= 0.6 is 0 Å². The highest BCUT2D eigenvalue weighted by Gasteiger charge is 2.15. The van der Waals surface area contributed by atoms with Gasteiger partial charge in [-0.3, -0.25) is 4.90 Å². The molecule has 0 unspecified atom stereocenters. The average molecular weight is 211 g/mol. The molecule has 0 saturated carbocycles. The molecule has 0 aromatic carbocycles. The Balaban J connectivity index is 2.15. The number of piperidine rings is 1. The minimum atomic E-state index is 0.441. The van der Waals surface area contributed by atoms with Gasteiger partial charge in [0.25, 0.3) is 0 Å². The van der Waals surface area contributed by atoms with Gasteiger partial charge in [-0.25, -0.2) is 0 Å². The molecule has 2 N–H and O–H groups in total. The fraction of sp³-hybridized carbons (Fsp3) is 0.833. The van der Waals surface area contributed by atoms with Gasteiger partial charge in [0, 0.05) is 25.7 Å². The van der Waals surface area contributed by atoms with Crippen molar-refractivity contribution in [1.82, 2.24) is 9.80 Å². The van der Waals surface area contributed by atoms with E-state index in [2.05, 4.69) is 23.3 Å². The highest BCUT2D eigenvalue weighted by atomic mass is 15.2. The van der Waals surface area contributed by atoms with Crippen molar-refractivity contribution in [3.8, 4) is 0 Å². The second kappa shape index (κ2) is 6.99. The van der Waals surface area contributed by atoms with Crippen molar-refractivity contribution in [3.63, 3.8) is 0 Å². The van der Waals surface area contributed by atoms with E-state index in [0.29, 0.717) is 6.04 Å². The molecule has 1 heterocycles. The van der Waals surface area contributed by atoms with Crippen molar-refractivity contribution < 1.29 is 0 Å². The predicted molar refractivity (Wildman–Crippen MR) is 66.0 cm³/mol. The van der Waals surface area contributed by atoms with Gasteiger partial charge in [-0.05, 0) is 32.5 Å². The highest BCUT2D eigenvalue weighted by Crippen LogP contribution is 2.07. The van der Waals surface area contributed by atoms with Crippen LogP contribution in [0.4, 0.5) is 0 Å². The topological polar surface area (TPSA) is 32.5 Å². The molecule has 0 aromatic heterocycles. The van der Waals surface area contributed by atoms with Gasteiger partial charge in [-0.2, -0.15) is 0 Å². The molecule has 15 heavy (non-hydrogen) atoms. The van der Waals surface area contributed by atoms with Crippen molar-refractivity contribution in [2.75, 3.05) is 39.3 Å². The van der Waals surface area contributed by atoms with Crippen LogP contribution in [0.2, 0.25) is 0 Å². The minimum Gasteiger partial charge on any atom is -0.328 e. The molecule has 0 bridgehead atoms. The van der Waals surface area contributed by atoms with Gasteiger partial charge < -0.3 is 10.6 Å². The molecule has 0 atom stereocenters. The zero-order valence-electron chi connectivity index (χ0n) is 9.99. The first-order valence-corrected chi connectivity index (χ1v) is 6.07. The lowest BCUT2D eigenvalue weighted by Gasteiger charge is -2.31. The quantitative estimate of drug-likeness (QED) is 0.663. The average Bonchev–Trinajstić information content (AvgIpc) is 2.26. The summed E-state index contributed by atoms with van der Waals surface area (Å²) >= 11 is 0. The summed E-state index contributed by atoms with van der Waals surface area (Å²) in [5.41, 5.74) is 5.88. The lowest BCUT2D eigenvalue weighted by atomic mass is 10.1. The maximum atomic E-state index is 5.88. The van der Waals surface area contributed by atoms with Crippen LogP contribution in [-0.4, -0.2) is 55.1 Å². The second-order valence-corrected chi connectivity index (χ2v) is 4.36. The Morgan fingerprint density at radius 1 is 1.47 bits per heavy atom. The SMILES string of the molecule is C=CCN(CC)CCN1CCC(N)CC1. The van der Waals surface area contributed by atoms with E-state index in [4.69, 9.17) is 5.73 Å². The molecule has 0 aliphatic carbocycles. The largest absolute Gasteiger partial charge is 0.328 e. The molecule has 0 spiro atoms. The van der Waals surface area contributed by atoms with Crippen LogP contribution in [0.25, 0.3) is 0 Å². The van der Waals surface area contributed by atoms with E-state index in [0.717, 1.165) is 32.5 Å². The lowest BCUT2D eigenvalue weighted by Crippen LogP contribution is -2.43. The third-order valence-electron chi connectivity index (χ3n) is 3.20. The Labute approximate surface area is 93.9 Å². The molecule has 3 heteroatoms. The molecule has 0 radical (unpaired) electrons. The van der Waals surface area contributed by atoms with Gasteiger partial charge in [0.05, 0.1) is 0 Å². The fourth-order valence-electron chi connectivity index (χ4n) is 2.02. The summed E-state index contributed by atoms with van der Waals surface area (Å²) in [6.07, 6.45) is 4.30. The molecule has 1 rings (SSSR count). The van der Waals surface area contributed by atoms with Crippen LogP contribution in [0.15, 0.2) is 12.7 Å². The molecule has 1 aliphatic rings. The summed E-state index contributed by atoms with van der Waals surface area (Å²) in [5.74, 6) is 0. The van der Waals surface area contributed by atoms with Gasteiger partial charge in [0.1, 0.15) is 0 Å². The third kappa shape index (κ3) is 4.78. The molecular weight excluding hydrogens is 186 g/mol. The minimum absolute atomic E-state index is 0.441. The zero-order valence-corrected chi connectivity index (χ0v) is 9.99. The Kier molecular flexibility index (Phi) is 5.91. The Morgan fingerprint density at radius 3 is 2.67 bits per heavy atom. The van der Waals surface area contributed by atoms with Crippen molar-refractivity contribution in [3.05, 3.63) is 12.7 Å². The third-order valence-corrected chi connectivity index (χ3v) is 3.20. The van der Waals surface area contributed by atoms with Crippen molar-refractivity contribution in [1.29, 1.82) is 0 Å². The molecule has 0 aromatic rings. The fourth-order valence-corrected chi connectivity index (χ4v) is 2.02. The Morgan fingerprint density at radius 2 is 2.13 bits per heavy atom. The predicted octanol–water partition coefficient (Wildman–Crippen LogP) is 0.917. The van der Waals surface area contributed by atoms with E-state index in [1.807, 2.05) is 6.08 Å². The van der Waals surface area contributed by atoms with Crippen LogP contribution in [0.5, 0.6) is 0 Å². The maximum Gasteiger partial charge on any atom is 0.0161 e. The van der Waals surface area contributed by atoms with Crippen molar-refractivity contribution in [2.24, 2.45) is 5.73 Å². The van der Waals surface area contributed by atoms with Gasteiger partial charge in [0.2, 0.25) is 0 Å². The number of nitrogens with zero attached hydrogens (tertiary/aromatic N) is 2. The maximum absolute atomic E-state index is 5.88. The van der Waals surface area contributed by atoms with Crippen LogP contribution in [0, 0.1) is 0 Å². The standard InChI is InChI=1S/C12H25N3/c1-3-7-14(4-2)10-11-15-8-5-12(13)6-9-15/h3,12H,1,4-11,13H2,2H3. The molecular formula is C12H25N3. The zero-order chi connectivity index (χ0) is 11.1. The molecule has 3 nitrogen and oxygen atoms in total. The highest BCUT2D eigenvalue weighted by molar-refractivity contribution is 4.77. The first-order valence-electron chi connectivity index (χ1n) is 6.07. The second-order valence-electron chi connectivity index (χ2n) is 4.36. The number of nitrogens with two attached hydrogens (primary N) is 1. The normalized spacial score (nSPS) is 19.7. The van der Waals surface area contributed by atoms with Gasteiger partial charge in [0.15, 0.2) is 0 Å². The molecule has 0 amide bonds. The smallest absolute Gasteiger partial charge is 0.0161 e. The number of likely N-dealkylation sites (N-methyl/N-ethyl adjacent to an activating group) is 1. The van der Waals surface area contributed by atoms with Gasteiger partial charge in [-0.15, -0.1) is 6.58 Å². The lowest BCUT2D eigenvalue weighted by molar-refractivity contribution is 0.182. The number of hydrogen-bond acceptors (Lipinski definition) is 3. The monoisotopic (exact) mass is 211 g/mol. The summed E-state index contributed by atoms with van der Waals surface area (Å²) in [5, 5.41) is 0. The van der Waals surface area contributed by atoms with Crippen LogP contribution in [0.1, 0.15) is 19.8 Å². The number of likely N-dealkylation sites (tertiary alicyclic amines) is 1. The van der Waals surface area contributed by atoms with Crippen molar-refractivity contribution in [2.45, 2.75) is 25.8 Å². The Bertz CT molecular complexity index is 174. The van der Waals surface area contributed by atoms with E-state index in [-0.39, 0.29) is 0 Å². The van der Waals surface area contributed by atoms with E-state index >= 15 is 0 Å². The van der Waals surface area contributed by atoms with Crippen molar-refractivity contribution >= 4 is 0 Å². The van der Waals surface area contributed by atoms with E-state index in [1.54, 1.807) is 0 Å². The van der Waals surface area contributed by atoms with E-state index in [9.17, 15) is 0 Å². The van der Waals surface area contributed by atoms with E-state index in [1.165, 1.54) is 19.6 Å². The molecule has 1 fully saturated rings. The van der Waals surface area contributed by atoms with Crippen LogP contribution < -0.4 is 5.73 Å². The van der Waals surface area contributed by atoms with Crippen LogP contribution in [-0.2, 0) is 0 Å². The van der Waals surface area contributed by atoms with Crippen LogP contribution in [0.3, 0.4) is 0 Å². The number of hydrogen-bond donors (Lipinski definition) is 1. The molecule has 1 aliphatic heterocycles. The first kappa shape index (κ1) is 12.7. The van der Waals surface area contributed by atoms with Gasteiger partial charge in [-0.1, -0.05) is 13.0 Å². The summed E-state index contributed by atoms with van der Waals surface area (Å²) < 4.78 is 0. The summed E-state index contributed by atoms with van der Waals surface area (Å²) in [6.45, 7) is 12.8.